The molecule has 1 saturated heterocycles. The van der Waals surface area contributed by atoms with Crippen LogP contribution in [0.3, 0.4) is 0 Å². The maximum Gasteiger partial charge on any atom is 0.276 e. The van der Waals surface area contributed by atoms with E-state index in [1.165, 1.54) is 0 Å². The van der Waals surface area contributed by atoms with Gasteiger partial charge >= 0.3 is 0 Å². The van der Waals surface area contributed by atoms with Crippen LogP contribution in [0.15, 0.2) is 6.20 Å². The van der Waals surface area contributed by atoms with Crippen LogP contribution in [0.25, 0.3) is 0 Å². The molecule has 2 N–H and O–H groups in total. The van der Waals surface area contributed by atoms with E-state index in [4.69, 9.17) is 5.73 Å². The summed E-state index contributed by atoms with van der Waals surface area (Å²) >= 11 is 1.92. The van der Waals surface area contributed by atoms with Crippen LogP contribution in [0.2, 0.25) is 0 Å². The summed E-state index contributed by atoms with van der Waals surface area (Å²) in [5, 5.41) is 7.84. The molecule has 0 bridgehead atoms. The largest absolute Gasteiger partial charge is 0.336 e. The summed E-state index contributed by atoms with van der Waals surface area (Å²) in [4.78, 5) is 14.2. The molecule has 0 aliphatic carbocycles. The van der Waals surface area contributed by atoms with Gasteiger partial charge in [-0.25, -0.2) is 0 Å². The number of nitrogens with zero attached hydrogens (tertiary/aromatic N) is 4. The molecule has 2 rings (SSSR count). The summed E-state index contributed by atoms with van der Waals surface area (Å²) in [6.45, 7) is 7.08. The number of carbonyl (C=O) groups excluding carboxylic acids is 1. The third-order valence-corrected chi connectivity index (χ3v) is 4.61. The molecular weight excluding hydrogens is 262 g/mol. The van der Waals surface area contributed by atoms with Gasteiger partial charge < -0.3 is 10.6 Å². The van der Waals surface area contributed by atoms with Crippen LogP contribution in [-0.2, 0) is 6.54 Å². The van der Waals surface area contributed by atoms with E-state index in [-0.39, 0.29) is 10.7 Å². The molecule has 1 amide bonds. The van der Waals surface area contributed by atoms with Crippen molar-refractivity contribution < 1.29 is 4.79 Å². The highest BCUT2D eigenvalue weighted by molar-refractivity contribution is 8.00. The summed E-state index contributed by atoms with van der Waals surface area (Å²) in [7, 11) is 0. The molecule has 1 fully saturated rings. The zero-order valence-corrected chi connectivity index (χ0v) is 12.3. The second-order valence-corrected chi connectivity index (χ2v) is 7.11. The zero-order valence-electron chi connectivity index (χ0n) is 11.5. The van der Waals surface area contributed by atoms with Crippen molar-refractivity contribution in [1.29, 1.82) is 0 Å². The second-order valence-electron chi connectivity index (χ2n) is 5.31. The highest BCUT2D eigenvalue weighted by atomic mass is 32.2. The first-order chi connectivity index (χ1) is 9.02. The number of hydrogen-bond acceptors (Lipinski definition) is 5. The van der Waals surface area contributed by atoms with E-state index in [2.05, 4.69) is 24.2 Å². The van der Waals surface area contributed by atoms with Crippen molar-refractivity contribution in [2.75, 3.05) is 25.4 Å². The Morgan fingerprint density at radius 2 is 2.32 bits per heavy atom. The molecule has 7 heteroatoms. The van der Waals surface area contributed by atoms with E-state index in [0.717, 1.165) is 25.3 Å². The fourth-order valence-corrected chi connectivity index (χ4v) is 3.12. The van der Waals surface area contributed by atoms with Gasteiger partial charge in [-0.15, -0.1) is 5.10 Å². The Morgan fingerprint density at radius 3 is 3.05 bits per heavy atom. The third-order valence-electron chi connectivity index (χ3n) is 3.24. The molecule has 0 unspecified atom stereocenters. The average molecular weight is 283 g/mol. The van der Waals surface area contributed by atoms with E-state index in [0.29, 0.717) is 18.8 Å². The summed E-state index contributed by atoms with van der Waals surface area (Å²) in [5.74, 6) is 0.942. The Labute approximate surface area is 117 Å². The molecule has 2 heterocycles. The maximum absolute atomic E-state index is 12.4. The van der Waals surface area contributed by atoms with E-state index >= 15 is 0 Å². The lowest BCUT2D eigenvalue weighted by atomic mass is 10.1. The molecule has 1 aromatic heterocycles. The Bertz CT molecular complexity index is 445. The molecule has 6 nitrogen and oxygen atoms in total. The Balaban J connectivity index is 2.02. The van der Waals surface area contributed by atoms with Crippen molar-refractivity contribution in [3.63, 3.8) is 0 Å². The minimum atomic E-state index is -0.0263. The molecule has 0 saturated carbocycles. The quantitative estimate of drug-likeness (QED) is 0.879. The molecule has 0 radical (unpaired) electrons. The molecule has 1 aliphatic heterocycles. The Kier molecular flexibility index (Phi) is 4.46. The third kappa shape index (κ3) is 3.70. The van der Waals surface area contributed by atoms with Crippen LogP contribution >= 0.6 is 11.8 Å². The smallest absolute Gasteiger partial charge is 0.276 e. The fourth-order valence-electron chi connectivity index (χ4n) is 2.02. The van der Waals surface area contributed by atoms with Crippen molar-refractivity contribution in [1.82, 2.24) is 19.9 Å². The minimum absolute atomic E-state index is 0.0263. The van der Waals surface area contributed by atoms with Gasteiger partial charge in [0.1, 0.15) is 0 Å². The molecule has 0 atom stereocenters. The van der Waals surface area contributed by atoms with Gasteiger partial charge in [0.2, 0.25) is 0 Å². The number of thioether (sulfide) groups is 1. The van der Waals surface area contributed by atoms with Gasteiger partial charge in [0.25, 0.3) is 5.91 Å². The van der Waals surface area contributed by atoms with E-state index < -0.39 is 0 Å². The molecule has 19 heavy (non-hydrogen) atoms. The lowest BCUT2D eigenvalue weighted by Gasteiger charge is -2.22. The SMILES string of the molecule is CC1(C)CCN(C(=O)c2cn(CCN)nn2)CCS1. The first-order valence-electron chi connectivity index (χ1n) is 6.55. The number of aromatic nitrogens is 3. The number of hydrogen-bond donors (Lipinski definition) is 1. The predicted molar refractivity (Wildman–Crippen MR) is 76.1 cm³/mol. The Hall–Kier alpha value is -1.08. The lowest BCUT2D eigenvalue weighted by molar-refractivity contribution is 0.0758. The van der Waals surface area contributed by atoms with Gasteiger partial charge in [-0.1, -0.05) is 19.1 Å². The van der Waals surface area contributed by atoms with Crippen LogP contribution in [0.1, 0.15) is 30.8 Å². The summed E-state index contributed by atoms with van der Waals surface area (Å²) < 4.78 is 1.86. The highest BCUT2D eigenvalue weighted by Gasteiger charge is 2.27. The zero-order chi connectivity index (χ0) is 13.9. The second kappa shape index (κ2) is 5.92. The molecular formula is C12H21N5OS. The molecule has 106 valence electrons. The van der Waals surface area contributed by atoms with Crippen molar-refractivity contribution >= 4 is 17.7 Å². The fraction of sp³-hybridized carbons (Fsp3) is 0.750. The molecule has 0 aromatic carbocycles. The highest BCUT2D eigenvalue weighted by Crippen LogP contribution is 2.30. The van der Waals surface area contributed by atoms with Crippen molar-refractivity contribution in [3.8, 4) is 0 Å². The van der Waals surface area contributed by atoms with Crippen molar-refractivity contribution in [2.24, 2.45) is 5.73 Å². The molecule has 1 aliphatic rings. The summed E-state index contributed by atoms with van der Waals surface area (Å²) in [6, 6.07) is 0. The number of carbonyl (C=O) groups is 1. The maximum atomic E-state index is 12.4. The molecule has 0 spiro atoms. The minimum Gasteiger partial charge on any atom is -0.336 e. The summed E-state index contributed by atoms with van der Waals surface area (Å²) in [5.41, 5.74) is 5.87. The van der Waals surface area contributed by atoms with Crippen LogP contribution in [0, 0.1) is 0 Å². The van der Waals surface area contributed by atoms with Gasteiger partial charge in [-0.05, 0) is 6.42 Å². The van der Waals surface area contributed by atoms with Gasteiger partial charge in [-0.2, -0.15) is 11.8 Å². The van der Waals surface area contributed by atoms with Gasteiger partial charge in [-0.3, -0.25) is 9.48 Å². The first-order valence-corrected chi connectivity index (χ1v) is 7.54. The van der Waals surface area contributed by atoms with E-state index in [9.17, 15) is 4.79 Å². The molecule has 1 aromatic rings. The van der Waals surface area contributed by atoms with Crippen molar-refractivity contribution in [3.05, 3.63) is 11.9 Å². The summed E-state index contributed by atoms with van der Waals surface area (Å²) in [6.07, 6.45) is 2.68. The normalized spacial score (nSPS) is 19.2. The van der Waals surface area contributed by atoms with E-state index in [1.54, 1.807) is 10.9 Å². The standard InChI is InChI=1S/C12H21N5OS/c1-12(2)3-5-16(7-8-19-12)11(18)10-9-17(6-4-13)15-14-10/h9H,3-8,13H2,1-2H3. The van der Waals surface area contributed by atoms with Crippen LogP contribution in [0.4, 0.5) is 0 Å². The number of nitrogens with two attached hydrogens (primary N) is 1. The average Bonchev–Trinajstić information content (AvgIpc) is 2.74. The lowest BCUT2D eigenvalue weighted by Crippen LogP contribution is -2.33. The van der Waals surface area contributed by atoms with Gasteiger partial charge in [0.15, 0.2) is 5.69 Å². The van der Waals surface area contributed by atoms with Crippen LogP contribution in [0.5, 0.6) is 0 Å². The van der Waals surface area contributed by atoms with Gasteiger partial charge in [0.05, 0.1) is 12.7 Å². The number of amides is 1. The van der Waals surface area contributed by atoms with E-state index in [1.807, 2.05) is 16.7 Å². The monoisotopic (exact) mass is 283 g/mol. The first kappa shape index (κ1) is 14.3. The Morgan fingerprint density at radius 1 is 1.53 bits per heavy atom. The predicted octanol–water partition coefficient (Wildman–Crippen LogP) is 0.594. The van der Waals surface area contributed by atoms with Crippen LogP contribution < -0.4 is 5.73 Å². The van der Waals surface area contributed by atoms with Crippen LogP contribution in [-0.4, -0.2) is 55.9 Å². The number of rotatable bonds is 3. The topological polar surface area (TPSA) is 77.0 Å². The van der Waals surface area contributed by atoms with Gasteiger partial charge in [0, 0.05) is 30.1 Å². The van der Waals surface area contributed by atoms with Crippen molar-refractivity contribution in [2.45, 2.75) is 31.6 Å².